The molecular weight excluding hydrogens is 717 g/mol. The average Bonchev–Trinajstić information content (AvgIpc) is 3.89. The van der Waals surface area contributed by atoms with Crippen LogP contribution in [-0.2, 0) is 0 Å². The van der Waals surface area contributed by atoms with Crippen molar-refractivity contribution in [2.24, 2.45) is 0 Å². The van der Waals surface area contributed by atoms with Gasteiger partial charge in [0.05, 0.1) is 27.6 Å². The van der Waals surface area contributed by atoms with E-state index in [4.69, 9.17) is 4.42 Å². The van der Waals surface area contributed by atoms with Gasteiger partial charge in [0.1, 0.15) is 11.2 Å². The second-order valence-electron chi connectivity index (χ2n) is 15.0. The molecule has 0 unspecified atom stereocenters. The van der Waals surface area contributed by atoms with Crippen LogP contribution in [0.15, 0.2) is 223 Å². The summed E-state index contributed by atoms with van der Waals surface area (Å²) in [6.07, 6.45) is 0. The van der Waals surface area contributed by atoms with E-state index in [1.54, 1.807) is 0 Å². The number of para-hydroxylation sites is 2. The van der Waals surface area contributed by atoms with Gasteiger partial charge in [-0.3, -0.25) is 0 Å². The van der Waals surface area contributed by atoms with E-state index in [2.05, 4.69) is 108 Å². The Morgan fingerprint density at radius 1 is 0.424 bits per heavy atom. The van der Waals surface area contributed by atoms with Gasteiger partial charge in [-0.1, -0.05) is 146 Å². The van der Waals surface area contributed by atoms with E-state index in [1.807, 2.05) is 95.9 Å². The first-order valence-corrected chi connectivity index (χ1v) is 19.9. The summed E-state index contributed by atoms with van der Waals surface area (Å²) >= 11 is 0. The van der Waals surface area contributed by atoms with E-state index in [1.165, 1.54) is 0 Å². The summed E-state index contributed by atoms with van der Waals surface area (Å²) in [4.78, 5) is 1.90. The lowest BCUT2D eigenvalue weighted by Crippen LogP contribution is -2.10. The van der Waals surface area contributed by atoms with Crippen LogP contribution in [0.5, 0.6) is 0 Å². The number of anilines is 3. The number of nitrogens with zero attached hydrogens (tertiary/aromatic N) is 2. The van der Waals surface area contributed by atoms with Crippen LogP contribution in [0.4, 0.5) is 17.1 Å². The van der Waals surface area contributed by atoms with Crippen molar-refractivity contribution in [2.45, 2.75) is 0 Å². The predicted molar refractivity (Wildman–Crippen MR) is 249 cm³/mol. The Hall–Kier alpha value is -7.88. The number of aromatic nitrogens is 1. The molecule has 0 atom stereocenters. The van der Waals surface area contributed by atoms with Gasteiger partial charge in [0.25, 0.3) is 0 Å². The van der Waals surface area contributed by atoms with Crippen molar-refractivity contribution in [2.75, 3.05) is 4.90 Å². The van der Waals surface area contributed by atoms with Gasteiger partial charge in [0, 0.05) is 38.6 Å². The SMILES string of the molecule is [2H]c1c([2H])c(N(c2cccc(-c3cccc4c3c3ccccc3n4-c3ccccc3)c2)c2cccc3oc4c5ccccc5ccc4c23)c([2H])c([2H])c1-c1ccc2ccccc2c1. The Bertz CT molecular complexity index is 3790. The highest BCUT2D eigenvalue weighted by atomic mass is 16.3. The lowest BCUT2D eigenvalue weighted by atomic mass is 9.98. The van der Waals surface area contributed by atoms with Crippen molar-refractivity contribution in [3.63, 3.8) is 0 Å². The molecule has 2 aromatic heterocycles. The summed E-state index contributed by atoms with van der Waals surface area (Å²) in [6, 6.07) is 64.9. The zero-order chi connectivity index (χ0) is 42.3. The number of rotatable bonds is 6. The highest BCUT2D eigenvalue weighted by molar-refractivity contribution is 6.20. The minimum absolute atomic E-state index is 0.115. The van der Waals surface area contributed by atoms with Crippen LogP contribution in [0.25, 0.3) is 93.2 Å². The van der Waals surface area contributed by atoms with Gasteiger partial charge in [0.15, 0.2) is 0 Å². The summed E-state index contributed by atoms with van der Waals surface area (Å²) in [7, 11) is 0. The smallest absolute Gasteiger partial charge is 0.143 e. The molecule has 276 valence electrons. The third-order valence-corrected chi connectivity index (χ3v) is 11.6. The molecule has 0 aliphatic carbocycles. The van der Waals surface area contributed by atoms with Crippen LogP contribution in [-0.4, -0.2) is 4.57 Å². The van der Waals surface area contributed by atoms with Gasteiger partial charge in [-0.05, 0) is 111 Å². The molecule has 12 rings (SSSR count). The lowest BCUT2D eigenvalue weighted by molar-refractivity contribution is 0.672. The number of fused-ring (bicyclic) bond motifs is 9. The molecule has 10 aromatic carbocycles. The highest BCUT2D eigenvalue weighted by Gasteiger charge is 2.22. The molecule has 0 spiro atoms. The zero-order valence-electron chi connectivity index (χ0n) is 35.8. The lowest BCUT2D eigenvalue weighted by Gasteiger charge is -2.27. The fourth-order valence-corrected chi connectivity index (χ4v) is 8.94. The van der Waals surface area contributed by atoms with Gasteiger partial charge in [-0.25, -0.2) is 0 Å². The monoisotopic (exact) mass is 756 g/mol. The molecule has 0 N–H and O–H groups in total. The summed E-state index contributed by atoms with van der Waals surface area (Å²) < 4.78 is 47.7. The first-order chi connectivity index (χ1) is 30.9. The fourth-order valence-electron chi connectivity index (χ4n) is 8.94. The minimum Gasteiger partial charge on any atom is -0.455 e. The molecular formula is C56H36N2O. The molecule has 12 aromatic rings. The average molecular weight is 757 g/mol. The van der Waals surface area contributed by atoms with Gasteiger partial charge in [-0.15, -0.1) is 0 Å². The molecule has 0 radical (unpaired) electrons. The highest BCUT2D eigenvalue weighted by Crippen LogP contribution is 2.46. The minimum atomic E-state index is -0.146. The standard InChI is InChI=1S/C56H36N2O/c1-2-17-43(18-3-1)58-50-23-9-8-21-48(50)54-46(22-11-24-51(54)58)42-16-10-19-45(36-42)57(44-32-29-38(30-33-44)41-28-27-37-13-4-5-15-40(37)35-41)52-25-12-26-53-55(52)49-34-31-39-14-6-7-20-47(39)56(49)59-53/h1-36H/i29D,30D,32D,33D. The van der Waals surface area contributed by atoms with Crippen LogP contribution in [0, 0.1) is 0 Å². The molecule has 0 fully saturated rings. The molecule has 0 aliphatic rings. The Labute approximate surface area is 346 Å². The quantitative estimate of drug-likeness (QED) is 0.168. The summed E-state index contributed by atoms with van der Waals surface area (Å²) in [6.45, 7) is 0. The molecule has 2 heterocycles. The van der Waals surface area contributed by atoms with Crippen molar-refractivity contribution in [3.05, 3.63) is 218 Å². The Balaban J connectivity index is 1.13. The number of hydrogen-bond acceptors (Lipinski definition) is 2. The van der Waals surface area contributed by atoms with Crippen LogP contribution in [0.2, 0.25) is 0 Å². The molecule has 0 saturated heterocycles. The van der Waals surface area contributed by atoms with Crippen molar-refractivity contribution in [3.8, 4) is 27.9 Å². The number of benzene rings is 10. The van der Waals surface area contributed by atoms with E-state index in [0.29, 0.717) is 22.5 Å². The summed E-state index contributed by atoms with van der Waals surface area (Å²) in [5.74, 6) is 0. The second-order valence-corrected chi connectivity index (χ2v) is 15.0. The van der Waals surface area contributed by atoms with Crippen LogP contribution in [0.1, 0.15) is 5.48 Å². The Morgan fingerprint density at radius 3 is 2.02 bits per heavy atom. The van der Waals surface area contributed by atoms with Crippen LogP contribution >= 0.6 is 0 Å². The second kappa shape index (κ2) is 13.4. The summed E-state index contributed by atoms with van der Waals surface area (Å²) in [5, 5.41) is 7.97. The van der Waals surface area contributed by atoms with Crippen molar-refractivity contribution >= 4 is 82.4 Å². The third-order valence-electron chi connectivity index (χ3n) is 11.6. The molecule has 0 aliphatic heterocycles. The van der Waals surface area contributed by atoms with Gasteiger partial charge in [-0.2, -0.15) is 0 Å². The summed E-state index contributed by atoms with van der Waals surface area (Å²) in [5.41, 5.74) is 9.02. The van der Waals surface area contributed by atoms with Gasteiger partial charge in [0.2, 0.25) is 0 Å². The third kappa shape index (κ3) is 5.36. The molecule has 0 saturated carbocycles. The molecule has 3 nitrogen and oxygen atoms in total. The number of hydrogen-bond donors (Lipinski definition) is 0. The normalized spacial score (nSPS) is 12.7. The van der Waals surface area contributed by atoms with Crippen molar-refractivity contribution in [1.82, 2.24) is 4.57 Å². The van der Waals surface area contributed by atoms with Crippen LogP contribution in [0.3, 0.4) is 0 Å². The van der Waals surface area contributed by atoms with Crippen molar-refractivity contribution in [1.29, 1.82) is 0 Å². The van der Waals surface area contributed by atoms with E-state index in [0.717, 1.165) is 76.5 Å². The first kappa shape index (κ1) is 29.4. The Kier molecular flexibility index (Phi) is 6.65. The maximum absolute atomic E-state index is 9.80. The predicted octanol–water partition coefficient (Wildman–Crippen LogP) is 15.8. The number of furan rings is 1. The Morgan fingerprint density at radius 2 is 1.14 bits per heavy atom. The molecule has 59 heavy (non-hydrogen) atoms. The molecule has 3 heteroatoms. The zero-order valence-corrected chi connectivity index (χ0v) is 31.8. The topological polar surface area (TPSA) is 21.3 Å². The van der Waals surface area contributed by atoms with E-state index >= 15 is 0 Å². The first-order valence-electron chi connectivity index (χ1n) is 21.9. The van der Waals surface area contributed by atoms with Gasteiger partial charge >= 0.3 is 0 Å². The molecule has 0 amide bonds. The van der Waals surface area contributed by atoms with Crippen molar-refractivity contribution < 1.29 is 9.90 Å². The molecule has 0 bridgehead atoms. The van der Waals surface area contributed by atoms with Crippen LogP contribution < -0.4 is 4.90 Å². The maximum Gasteiger partial charge on any atom is 0.143 e. The van der Waals surface area contributed by atoms with E-state index in [-0.39, 0.29) is 35.4 Å². The van der Waals surface area contributed by atoms with E-state index < -0.39 is 0 Å². The maximum atomic E-state index is 9.80. The van der Waals surface area contributed by atoms with E-state index in [9.17, 15) is 5.48 Å². The fraction of sp³-hybridized carbons (Fsp3) is 0. The van der Waals surface area contributed by atoms with Gasteiger partial charge < -0.3 is 13.9 Å². The largest absolute Gasteiger partial charge is 0.455 e.